The molecule has 0 saturated carbocycles. The maximum absolute atomic E-state index is 12.5. The Morgan fingerprint density at radius 2 is 2.10 bits per heavy atom. The Bertz CT molecular complexity index is 468. The van der Waals surface area contributed by atoms with Gasteiger partial charge in [0.25, 0.3) is 0 Å². The summed E-state index contributed by atoms with van der Waals surface area (Å²) >= 11 is 0. The summed E-state index contributed by atoms with van der Waals surface area (Å²) in [6.07, 6.45) is -3.65. The van der Waals surface area contributed by atoms with Gasteiger partial charge in [0.15, 0.2) is 0 Å². The standard InChI is InChI=1S/C14H17F3N2O/c15-14(16,17)8-10-4-1-2-6-12(10)19-13(20)11-5-3-7-18-9-11/h1-2,4,6,11,18H,3,5,7-9H2,(H,19,20). The van der Waals surface area contributed by atoms with Crippen molar-refractivity contribution in [2.24, 2.45) is 5.92 Å². The van der Waals surface area contributed by atoms with E-state index in [-0.39, 0.29) is 23.1 Å². The zero-order valence-electron chi connectivity index (χ0n) is 11.0. The van der Waals surface area contributed by atoms with Gasteiger partial charge in [0, 0.05) is 12.2 Å². The monoisotopic (exact) mass is 286 g/mol. The lowest BCUT2D eigenvalue weighted by molar-refractivity contribution is -0.127. The average Bonchev–Trinajstić information content (AvgIpc) is 2.40. The number of nitrogens with one attached hydrogen (secondary N) is 2. The number of para-hydroxylation sites is 1. The van der Waals surface area contributed by atoms with Crippen molar-refractivity contribution < 1.29 is 18.0 Å². The number of amides is 1. The Balaban J connectivity index is 2.06. The van der Waals surface area contributed by atoms with Crippen molar-refractivity contribution >= 4 is 11.6 Å². The summed E-state index contributed by atoms with van der Waals surface area (Å²) in [5.74, 6) is -0.394. The second-order valence-corrected chi connectivity index (χ2v) is 4.98. The fourth-order valence-electron chi connectivity index (χ4n) is 2.32. The molecule has 1 unspecified atom stereocenters. The van der Waals surface area contributed by atoms with Crippen LogP contribution >= 0.6 is 0 Å². The number of hydrogen-bond acceptors (Lipinski definition) is 2. The SMILES string of the molecule is O=C(Nc1ccccc1CC(F)(F)F)C1CCCNC1. The van der Waals surface area contributed by atoms with Crippen LogP contribution in [0.15, 0.2) is 24.3 Å². The molecule has 1 saturated heterocycles. The number of alkyl halides is 3. The molecule has 1 amide bonds. The molecule has 1 aliphatic rings. The molecular formula is C14H17F3N2O. The minimum Gasteiger partial charge on any atom is -0.326 e. The second kappa shape index (κ2) is 6.26. The molecule has 1 atom stereocenters. The number of hydrogen-bond donors (Lipinski definition) is 2. The molecule has 6 heteroatoms. The Morgan fingerprint density at radius 3 is 2.75 bits per heavy atom. The van der Waals surface area contributed by atoms with Crippen molar-refractivity contribution in [2.45, 2.75) is 25.4 Å². The molecule has 3 nitrogen and oxygen atoms in total. The third-order valence-corrected chi connectivity index (χ3v) is 3.33. The third kappa shape index (κ3) is 4.23. The van der Waals surface area contributed by atoms with Crippen LogP contribution in [0, 0.1) is 5.92 Å². The summed E-state index contributed by atoms with van der Waals surface area (Å²) in [6.45, 7) is 1.46. The zero-order chi connectivity index (χ0) is 14.6. The van der Waals surface area contributed by atoms with E-state index in [2.05, 4.69) is 10.6 Å². The summed E-state index contributed by atoms with van der Waals surface area (Å²) in [5.41, 5.74) is 0.345. The van der Waals surface area contributed by atoms with Crippen LogP contribution in [0.3, 0.4) is 0 Å². The van der Waals surface area contributed by atoms with Crippen LogP contribution in [0.4, 0.5) is 18.9 Å². The third-order valence-electron chi connectivity index (χ3n) is 3.33. The van der Waals surface area contributed by atoms with E-state index >= 15 is 0 Å². The molecule has 20 heavy (non-hydrogen) atoms. The zero-order valence-corrected chi connectivity index (χ0v) is 11.0. The van der Waals surface area contributed by atoms with Crippen LogP contribution in [0.2, 0.25) is 0 Å². The fourth-order valence-corrected chi connectivity index (χ4v) is 2.32. The molecule has 1 heterocycles. The molecule has 0 spiro atoms. The normalized spacial score (nSPS) is 19.6. The van der Waals surface area contributed by atoms with Gasteiger partial charge in [-0.05, 0) is 31.0 Å². The van der Waals surface area contributed by atoms with E-state index < -0.39 is 12.6 Å². The maximum atomic E-state index is 12.5. The smallest absolute Gasteiger partial charge is 0.326 e. The van der Waals surface area contributed by atoms with Crippen LogP contribution in [0.1, 0.15) is 18.4 Å². The van der Waals surface area contributed by atoms with Gasteiger partial charge in [0.05, 0.1) is 12.3 Å². The molecule has 1 aromatic rings. The number of carbonyl (C=O) groups excluding carboxylic acids is 1. The predicted octanol–water partition coefficient (Wildman–Crippen LogP) is 2.73. The largest absolute Gasteiger partial charge is 0.393 e. The van der Waals surface area contributed by atoms with Crippen LogP contribution < -0.4 is 10.6 Å². The number of piperidine rings is 1. The van der Waals surface area contributed by atoms with Gasteiger partial charge >= 0.3 is 6.18 Å². The van der Waals surface area contributed by atoms with E-state index in [4.69, 9.17) is 0 Å². The lowest BCUT2D eigenvalue weighted by atomic mass is 9.98. The summed E-state index contributed by atoms with van der Waals surface area (Å²) in [7, 11) is 0. The van der Waals surface area contributed by atoms with Gasteiger partial charge in [-0.25, -0.2) is 0 Å². The molecule has 1 aromatic carbocycles. The Morgan fingerprint density at radius 1 is 1.35 bits per heavy atom. The number of benzene rings is 1. The van der Waals surface area contributed by atoms with E-state index in [0.29, 0.717) is 6.54 Å². The topological polar surface area (TPSA) is 41.1 Å². The van der Waals surface area contributed by atoms with Crippen molar-refractivity contribution in [1.29, 1.82) is 0 Å². The first kappa shape index (κ1) is 14.8. The summed E-state index contributed by atoms with van der Waals surface area (Å²) < 4.78 is 37.5. The van der Waals surface area contributed by atoms with E-state index in [9.17, 15) is 18.0 Å². The first-order valence-corrected chi connectivity index (χ1v) is 6.62. The van der Waals surface area contributed by atoms with Crippen LogP contribution in [-0.2, 0) is 11.2 Å². The molecular weight excluding hydrogens is 269 g/mol. The van der Waals surface area contributed by atoms with Crippen LogP contribution in [0.5, 0.6) is 0 Å². The van der Waals surface area contributed by atoms with Crippen molar-refractivity contribution in [3.05, 3.63) is 29.8 Å². The highest BCUT2D eigenvalue weighted by Crippen LogP contribution is 2.26. The minimum atomic E-state index is -4.28. The number of carbonyl (C=O) groups is 1. The van der Waals surface area contributed by atoms with Gasteiger partial charge in [-0.3, -0.25) is 4.79 Å². The molecule has 2 N–H and O–H groups in total. The van der Waals surface area contributed by atoms with Crippen LogP contribution in [0.25, 0.3) is 0 Å². The highest BCUT2D eigenvalue weighted by molar-refractivity contribution is 5.93. The molecule has 0 aliphatic carbocycles. The van der Waals surface area contributed by atoms with Crippen molar-refractivity contribution in [3.63, 3.8) is 0 Å². The van der Waals surface area contributed by atoms with Crippen molar-refractivity contribution in [1.82, 2.24) is 5.32 Å². The lowest BCUT2D eigenvalue weighted by Crippen LogP contribution is -2.37. The van der Waals surface area contributed by atoms with Gasteiger partial charge in [-0.15, -0.1) is 0 Å². The molecule has 1 fully saturated rings. The van der Waals surface area contributed by atoms with E-state index in [0.717, 1.165) is 19.4 Å². The van der Waals surface area contributed by atoms with Crippen molar-refractivity contribution in [2.75, 3.05) is 18.4 Å². The number of rotatable bonds is 3. The van der Waals surface area contributed by atoms with Gasteiger partial charge in [-0.1, -0.05) is 18.2 Å². The van der Waals surface area contributed by atoms with E-state index in [1.54, 1.807) is 12.1 Å². The first-order chi connectivity index (χ1) is 9.46. The van der Waals surface area contributed by atoms with Gasteiger partial charge in [0.2, 0.25) is 5.91 Å². The number of anilines is 1. The molecule has 2 rings (SSSR count). The Labute approximate surface area is 115 Å². The predicted molar refractivity (Wildman–Crippen MR) is 70.4 cm³/mol. The van der Waals surface area contributed by atoms with Gasteiger partial charge in [0.1, 0.15) is 0 Å². The minimum absolute atomic E-state index is 0.0946. The highest BCUT2D eigenvalue weighted by atomic mass is 19.4. The molecule has 0 bridgehead atoms. The summed E-state index contributed by atoms with van der Waals surface area (Å²) in [6, 6.07) is 6.06. The summed E-state index contributed by atoms with van der Waals surface area (Å²) in [5, 5.41) is 5.74. The van der Waals surface area contributed by atoms with Gasteiger partial charge in [-0.2, -0.15) is 13.2 Å². The highest BCUT2D eigenvalue weighted by Gasteiger charge is 2.29. The lowest BCUT2D eigenvalue weighted by Gasteiger charge is -2.22. The molecule has 1 aliphatic heterocycles. The fraction of sp³-hybridized carbons (Fsp3) is 0.500. The quantitative estimate of drug-likeness (QED) is 0.897. The van der Waals surface area contributed by atoms with Gasteiger partial charge < -0.3 is 10.6 Å². The van der Waals surface area contributed by atoms with E-state index in [1.807, 2.05) is 0 Å². The summed E-state index contributed by atoms with van der Waals surface area (Å²) in [4.78, 5) is 12.1. The molecule has 0 radical (unpaired) electrons. The van der Waals surface area contributed by atoms with E-state index in [1.165, 1.54) is 12.1 Å². The Kier molecular flexibility index (Phi) is 4.65. The first-order valence-electron chi connectivity index (χ1n) is 6.62. The Hall–Kier alpha value is -1.56. The molecule has 110 valence electrons. The molecule has 0 aromatic heterocycles. The average molecular weight is 286 g/mol. The number of halogens is 3. The van der Waals surface area contributed by atoms with Crippen molar-refractivity contribution in [3.8, 4) is 0 Å². The maximum Gasteiger partial charge on any atom is 0.393 e. The second-order valence-electron chi connectivity index (χ2n) is 4.98. The van der Waals surface area contributed by atoms with Crippen LogP contribution in [-0.4, -0.2) is 25.2 Å².